The molecular formula is C20H36O4. The standard InChI is InChI=1S/C20H36O4/c1-2-24-20(23)18-16-14-12-10-8-6-4-3-5-7-9-11-13-15-17-19(21)22/h3-4H,2,5-18H2,1H3,(H,21,22)/b4-3-. The molecule has 0 aromatic heterocycles. The topological polar surface area (TPSA) is 63.6 Å². The molecule has 0 radical (unpaired) electrons. The van der Waals surface area contributed by atoms with E-state index in [2.05, 4.69) is 12.2 Å². The van der Waals surface area contributed by atoms with Crippen LogP contribution in [0.2, 0.25) is 0 Å². The summed E-state index contributed by atoms with van der Waals surface area (Å²) in [4.78, 5) is 21.5. The van der Waals surface area contributed by atoms with E-state index >= 15 is 0 Å². The second-order valence-corrected chi connectivity index (χ2v) is 6.28. The lowest BCUT2D eigenvalue weighted by atomic mass is 10.1. The third-order valence-corrected chi connectivity index (χ3v) is 3.99. The van der Waals surface area contributed by atoms with Crippen molar-refractivity contribution in [3.05, 3.63) is 12.2 Å². The number of allylic oxidation sites excluding steroid dienone is 2. The van der Waals surface area contributed by atoms with E-state index in [1.165, 1.54) is 32.1 Å². The Balaban J connectivity index is 3.16. The van der Waals surface area contributed by atoms with Crippen molar-refractivity contribution in [3.8, 4) is 0 Å². The van der Waals surface area contributed by atoms with Crippen molar-refractivity contribution in [2.24, 2.45) is 0 Å². The predicted molar refractivity (Wildman–Crippen MR) is 98.0 cm³/mol. The summed E-state index contributed by atoms with van der Waals surface area (Å²) < 4.78 is 4.90. The van der Waals surface area contributed by atoms with Gasteiger partial charge in [-0.1, -0.05) is 50.7 Å². The van der Waals surface area contributed by atoms with Gasteiger partial charge >= 0.3 is 11.9 Å². The fourth-order valence-electron chi connectivity index (χ4n) is 2.60. The van der Waals surface area contributed by atoms with Crippen LogP contribution in [0.5, 0.6) is 0 Å². The van der Waals surface area contributed by atoms with Gasteiger partial charge in [0.25, 0.3) is 0 Å². The van der Waals surface area contributed by atoms with Gasteiger partial charge in [-0.3, -0.25) is 9.59 Å². The molecule has 24 heavy (non-hydrogen) atoms. The van der Waals surface area contributed by atoms with Gasteiger partial charge in [-0.25, -0.2) is 0 Å². The highest BCUT2D eigenvalue weighted by molar-refractivity contribution is 5.69. The van der Waals surface area contributed by atoms with Gasteiger partial charge in [0.15, 0.2) is 0 Å². The van der Waals surface area contributed by atoms with Crippen molar-refractivity contribution in [2.45, 2.75) is 96.8 Å². The highest BCUT2D eigenvalue weighted by Gasteiger charge is 2.00. The summed E-state index contributed by atoms with van der Waals surface area (Å²) in [5.41, 5.74) is 0. The maximum Gasteiger partial charge on any atom is 0.305 e. The zero-order valence-electron chi connectivity index (χ0n) is 15.4. The van der Waals surface area contributed by atoms with Crippen molar-refractivity contribution in [2.75, 3.05) is 6.61 Å². The lowest BCUT2D eigenvalue weighted by Gasteiger charge is -2.01. The van der Waals surface area contributed by atoms with Gasteiger partial charge in [0.2, 0.25) is 0 Å². The maximum atomic E-state index is 11.1. The van der Waals surface area contributed by atoms with E-state index < -0.39 is 5.97 Å². The van der Waals surface area contributed by atoms with Gasteiger partial charge in [0.1, 0.15) is 0 Å². The highest BCUT2D eigenvalue weighted by Crippen LogP contribution is 2.10. The Bertz CT molecular complexity index is 337. The van der Waals surface area contributed by atoms with E-state index in [1.807, 2.05) is 6.92 Å². The fraction of sp³-hybridized carbons (Fsp3) is 0.800. The summed E-state index contributed by atoms with van der Waals surface area (Å²) in [7, 11) is 0. The molecule has 0 aliphatic heterocycles. The summed E-state index contributed by atoms with van der Waals surface area (Å²) >= 11 is 0. The summed E-state index contributed by atoms with van der Waals surface area (Å²) in [6.07, 6.45) is 18.8. The minimum atomic E-state index is -0.683. The van der Waals surface area contributed by atoms with Crippen molar-refractivity contribution in [1.82, 2.24) is 0 Å². The van der Waals surface area contributed by atoms with Crippen LogP contribution in [0.25, 0.3) is 0 Å². The molecule has 0 atom stereocenters. The molecule has 0 rings (SSSR count). The van der Waals surface area contributed by atoms with Crippen molar-refractivity contribution in [3.63, 3.8) is 0 Å². The number of carbonyl (C=O) groups excluding carboxylic acids is 1. The Hall–Kier alpha value is -1.32. The number of esters is 1. The molecule has 140 valence electrons. The molecule has 0 amide bonds. The lowest BCUT2D eigenvalue weighted by Crippen LogP contribution is -2.03. The minimum Gasteiger partial charge on any atom is -0.481 e. The third-order valence-electron chi connectivity index (χ3n) is 3.99. The van der Waals surface area contributed by atoms with Crippen LogP contribution in [0.3, 0.4) is 0 Å². The van der Waals surface area contributed by atoms with Crippen molar-refractivity contribution in [1.29, 1.82) is 0 Å². The molecule has 0 bridgehead atoms. The first-order valence-corrected chi connectivity index (χ1v) is 9.69. The summed E-state index contributed by atoms with van der Waals surface area (Å²) in [5.74, 6) is -0.751. The number of rotatable bonds is 17. The van der Waals surface area contributed by atoms with Crippen LogP contribution < -0.4 is 0 Å². The number of ether oxygens (including phenoxy) is 1. The number of hydrogen-bond acceptors (Lipinski definition) is 3. The molecule has 0 heterocycles. The summed E-state index contributed by atoms with van der Waals surface area (Å²) in [5, 5.41) is 8.53. The van der Waals surface area contributed by atoms with Crippen LogP contribution >= 0.6 is 0 Å². The van der Waals surface area contributed by atoms with Gasteiger partial charge < -0.3 is 9.84 Å². The van der Waals surface area contributed by atoms with Gasteiger partial charge in [0.05, 0.1) is 6.61 Å². The van der Waals surface area contributed by atoms with Crippen molar-refractivity contribution < 1.29 is 19.4 Å². The van der Waals surface area contributed by atoms with Gasteiger partial charge in [0, 0.05) is 12.8 Å². The SMILES string of the molecule is CCOC(=O)CCCCCCC/C=C\CCCCCCCC(=O)O. The van der Waals surface area contributed by atoms with Crippen LogP contribution in [0.15, 0.2) is 12.2 Å². The van der Waals surface area contributed by atoms with Crippen LogP contribution in [0.4, 0.5) is 0 Å². The molecule has 0 saturated carbocycles. The second kappa shape index (κ2) is 18.0. The largest absolute Gasteiger partial charge is 0.481 e. The zero-order chi connectivity index (χ0) is 17.9. The van der Waals surface area contributed by atoms with Crippen LogP contribution in [-0.2, 0) is 14.3 Å². The predicted octanol–water partition coefficient (Wildman–Crippen LogP) is 5.65. The van der Waals surface area contributed by atoms with E-state index in [0.29, 0.717) is 19.4 Å². The average molecular weight is 341 g/mol. The van der Waals surface area contributed by atoms with E-state index in [1.54, 1.807) is 0 Å². The number of unbranched alkanes of at least 4 members (excludes halogenated alkanes) is 10. The molecule has 0 saturated heterocycles. The van der Waals surface area contributed by atoms with Crippen LogP contribution in [0, 0.1) is 0 Å². The molecule has 0 aromatic carbocycles. The molecule has 0 unspecified atom stereocenters. The molecular weight excluding hydrogens is 304 g/mol. The van der Waals surface area contributed by atoms with Crippen molar-refractivity contribution >= 4 is 11.9 Å². The first-order chi connectivity index (χ1) is 11.7. The molecule has 0 spiro atoms. The molecule has 0 aromatic rings. The van der Waals surface area contributed by atoms with Gasteiger partial charge in [-0.2, -0.15) is 0 Å². The quantitative estimate of drug-likeness (QED) is 0.211. The summed E-state index contributed by atoms with van der Waals surface area (Å²) in [6.45, 7) is 2.32. The monoisotopic (exact) mass is 340 g/mol. The summed E-state index contributed by atoms with van der Waals surface area (Å²) in [6, 6.07) is 0. The third kappa shape index (κ3) is 18.7. The second-order valence-electron chi connectivity index (χ2n) is 6.28. The van der Waals surface area contributed by atoms with E-state index in [-0.39, 0.29) is 5.97 Å². The Labute approximate surface area is 147 Å². The number of carboxylic acids is 1. The molecule has 4 nitrogen and oxygen atoms in total. The van der Waals surface area contributed by atoms with Crippen LogP contribution in [0.1, 0.15) is 96.8 Å². The molecule has 1 N–H and O–H groups in total. The number of carboxylic acid groups (broad SMARTS) is 1. The zero-order valence-corrected chi connectivity index (χ0v) is 15.4. The van der Waals surface area contributed by atoms with E-state index in [4.69, 9.17) is 9.84 Å². The first-order valence-electron chi connectivity index (χ1n) is 9.69. The minimum absolute atomic E-state index is 0.0673. The Morgan fingerprint density at radius 1 is 0.750 bits per heavy atom. The average Bonchev–Trinajstić information content (AvgIpc) is 2.54. The highest BCUT2D eigenvalue weighted by atomic mass is 16.5. The van der Waals surface area contributed by atoms with Crippen LogP contribution in [-0.4, -0.2) is 23.7 Å². The van der Waals surface area contributed by atoms with E-state index in [0.717, 1.165) is 44.9 Å². The number of carbonyl (C=O) groups is 2. The fourth-order valence-corrected chi connectivity index (χ4v) is 2.60. The number of hydrogen-bond donors (Lipinski definition) is 1. The number of aliphatic carboxylic acids is 1. The van der Waals surface area contributed by atoms with Gasteiger partial charge in [-0.05, 0) is 45.4 Å². The molecule has 0 aliphatic carbocycles. The van der Waals surface area contributed by atoms with Gasteiger partial charge in [-0.15, -0.1) is 0 Å². The molecule has 0 aliphatic rings. The van der Waals surface area contributed by atoms with E-state index in [9.17, 15) is 9.59 Å². The molecule has 0 fully saturated rings. The Morgan fingerprint density at radius 2 is 1.21 bits per heavy atom. The smallest absolute Gasteiger partial charge is 0.305 e. The molecule has 4 heteroatoms. The first kappa shape index (κ1) is 22.7. The maximum absolute atomic E-state index is 11.1. The Morgan fingerprint density at radius 3 is 1.71 bits per heavy atom. The lowest BCUT2D eigenvalue weighted by molar-refractivity contribution is -0.143. The normalized spacial score (nSPS) is 11.0. The Kier molecular flexibility index (Phi) is 17.0.